The zero-order valence-corrected chi connectivity index (χ0v) is 25.3. The van der Waals surface area contributed by atoms with E-state index in [1.165, 1.54) is 11.3 Å². The van der Waals surface area contributed by atoms with E-state index in [1.54, 1.807) is 11.9 Å². The first-order valence-corrected chi connectivity index (χ1v) is 16.0. The fraction of sp³-hybridized carbons (Fsp3) is 0.485. The number of likely N-dealkylation sites (N-methyl/N-ethyl adjacent to an activating group) is 1. The number of morpholine rings is 1. The molecule has 1 atom stereocenters. The molecular formula is C33H42N4O4S. The Bertz CT molecular complexity index is 1320. The lowest BCUT2D eigenvalue weighted by molar-refractivity contribution is -0.137. The Kier molecular flexibility index (Phi) is 10.3. The van der Waals surface area contributed by atoms with Crippen LogP contribution in [0.3, 0.4) is 0 Å². The highest BCUT2D eigenvalue weighted by Crippen LogP contribution is 2.36. The van der Waals surface area contributed by atoms with Crippen LogP contribution in [-0.4, -0.2) is 85.5 Å². The van der Waals surface area contributed by atoms with Crippen LogP contribution >= 0.6 is 11.3 Å². The summed E-state index contributed by atoms with van der Waals surface area (Å²) in [5, 5.41) is 7.20. The largest absolute Gasteiger partial charge is 0.379 e. The van der Waals surface area contributed by atoms with Crippen LogP contribution in [-0.2, 0) is 20.7 Å². The normalized spacial score (nSPS) is 17.8. The predicted molar refractivity (Wildman–Crippen MR) is 167 cm³/mol. The molecule has 9 heteroatoms. The lowest BCUT2D eigenvalue weighted by Gasteiger charge is -2.43. The SMILES string of the molecule is CN(C(=O)c1cc2ccccc2s1)C1(C(=O)NC(Cc2ccccc2)C(=O)NCCCN2CCOCC2)CCCCC1. The van der Waals surface area contributed by atoms with Gasteiger partial charge in [0.05, 0.1) is 18.1 Å². The zero-order valence-electron chi connectivity index (χ0n) is 24.5. The van der Waals surface area contributed by atoms with Crippen molar-refractivity contribution in [2.75, 3.05) is 46.4 Å². The molecule has 2 fully saturated rings. The van der Waals surface area contributed by atoms with Crippen molar-refractivity contribution in [3.63, 3.8) is 0 Å². The molecule has 1 aromatic heterocycles. The van der Waals surface area contributed by atoms with Crippen molar-refractivity contribution in [3.8, 4) is 0 Å². The fourth-order valence-corrected chi connectivity index (χ4v) is 7.15. The molecule has 0 spiro atoms. The molecule has 0 bridgehead atoms. The minimum atomic E-state index is -1.00. The minimum Gasteiger partial charge on any atom is -0.379 e. The number of carbonyl (C=O) groups excluding carboxylic acids is 3. The van der Waals surface area contributed by atoms with Gasteiger partial charge < -0.3 is 20.3 Å². The predicted octanol–water partition coefficient (Wildman–Crippen LogP) is 4.24. The minimum absolute atomic E-state index is 0.152. The van der Waals surface area contributed by atoms with Crippen molar-refractivity contribution in [1.29, 1.82) is 0 Å². The Hall–Kier alpha value is -3.27. The van der Waals surface area contributed by atoms with E-state index in [0.29, 0.717) is 30.7 Å². The third kappa shape index (κ3) is 7.19. The Morgan fingerprint density at radius 3 is 2.45 bits per heavy atom. The van der Waals surface area contributed by atoms with Crippen LogP contribution in [0.25, 0.3) is 10.1 Å². The molecule has 2 N–H and O–H groups in total. The molecule has 1 saturated heterocycles. The van der Waals surface area contributed by atoms with Gasteiger partial charge in [0.1, 0.15) is 11.6 Å². The van der Waals surface area contributed by atoms with Crippen molar-refractivity contribution >= 4 is 39.1 Å². The highest BCUT2D eigenvalue weighted by molar-refractivity contribution is 7.20. The number of rotatable bonds is 11. The summed E-state index contributed by atoms with van der Waals surface area (Å²) in [6, 6.07) is 18.9. The average Bonchev–Trinajstić information content (AvgIpc) is 3.48. The van der Waals surface area contributed by atoms with E-state index in [1.807, 2.05) is 60.7 Å². The lowest BCUT2D eigenvalue weighted by atomic mass is 9.79. The van der Waals surface area contributed by atoms with Crippen molar-refractivity contribution in [2.45, 2.75) is 56.5 Å². The molecule has 2 heterocycles. The first-order chi connectivity index (χ1) is 20.5. The molecule has 2 aromatic carbocycles. The maximum Gasteiger partial charge on any atom is 0.264 e. The quantitative estimate of drug-likeness (QED) is 0.326. The van der Waals surface area contributed by atoms with E-state index in [-0.39, 0.29) is 17.7 Å². The summed E-state index contributed by atoms with van der Waals surface area (Å²) in [4.78, 5) is 46.1. The van der Waals surface area contributed by atoms with Gasteiger partial charge >= 0.3 is 0 Å². The molecular weight excluding hydrogens is 548 g/mol. The van der Waals surface area contributed by atoms with E-state index in [4.69, 9.17) is 4.74 Å². The first-order valence-electron chi connectivity index (χ1n) is 15.2. The molecule has 3 aromatic rings. The number of carbonyl (C=O) groups is 3. The molecule has 42 heavy (non-hydrogen) atoms. The van der Waals surface area contributed by atoms with E-state index in [9.17, 15) is 14.4 Å². The van der Waals surface area contributed by atoms with Crippen molar-refractivity contribution < 1.29 is 19.1 Å². The molecule has 0 radical (unpaired) electrons. The van der Waals surface area contributed by atoms with Gasteiger partial charge in [0.2, 0.25) is 11.8 Å². The second-order valence-corrected chi connectivity index (χ2v) is 12.5. The molecule has 224 valence electrons. The van der Waals surface area contributed by atoms with Gasteiger partial charge in [-0.15, -0.1) is 11.3 Å². The summed E-state index contributed by atoms with van der Waals surface area (Å²) in [7, 11) is 1.75. The second-order valence-electron chi connectivity index (χ2n) is 11.4. The first kappa shape index (κ1) is 30.2. The van der Waals surface area contributed by atoms with Crippen LogP contribution in [0.2, 0.25) is 0 Å². The maximum atomic E-state index is 14.2. The average molecular weight is 591 g/mol. The summed E-state index contributed by atoms with van der Waals surface area (Å²) in [6.07, 6.45) is 5.09. The van der Waals surface area contributed by atoms with Crippen molar-refractivity contribution in [2.24, 2.45) is 0 Å². The van der Waals surface area contributed by atoms with E-state index < -0.39 is 11.6 Å². The molecule has 5 rings (SSSR count). The standard InChI is InChI=1S/C33H42N4O4S/c1-36(31(39)29-24-26-13-6-7-14-28(26)42-29)33(15-8-3-9-16-33)32(40)35-27(23-25-11-4-2-5-12-25)30(38)34-17-10-18-37-19-21-41-22-20-37/h2,4-7,11-14,24,27H,3,8-10,15-23H2,1H3,(H,34,38)(H,35,40). The van der Waals surface area contributed by atoms with Crippen LogP contribution in [0.4, 0.5) is 0 Å². The summed E-state index contributed by atoms with van der Waals surface area (Å²) >= 11 is 1.45. The van der Waals surface area contributed by atoms with Crippen LogP contribution in [0.5, 0.6) is 0 Å². The van der Waals surface area contributed by atoms with Gasteiger partial charge in [-0.25, -0.2) is 0 Å². The van der Waals surface area contributed by atoms with Crippen LogP contribution in [0.1, 0.15) is 53.8 Å². The molecule has 3 amide bonds. The second kappa shape index (κ2) is 14.3. The van der Waals surface area contributed by atoms with Crippen LogP contribution in [0.15, 0.2) is 60.7 Å². The van der Waals surface area contributed by atoms with E-state index >= 15 is 0 Å². The molecule has 8 nitrogen and oxygen atoms in total. The number of ether oxygens (including phenoxy) is 1. The van der Waals surface area contributed by atoms with E-state index in [0.717, 1.165) is 74.2 Å². The van der Waals surface area contributed by atoms with Crippen molar-refractivity contribution in [3.05, 3.63) is 71.1 Å². The van der Waals surface area contributed by atoms with Crippen molar-refractivity contribution in [1.82, 2.24) is 20.4 Å². The third-order valence-corrected chi connectivity index (χ3v) is 9.75. The number of benzene rings is 2. The van der Waals surface area contributed by atoms with Gasteiger partial charge in [-0.2, -0.15) is 0 Å². The zero-order chi connectivity index (χ0) is 29.4. The number of hydrogen-bond donors (Lipinski definition) is 2. The number of fused-ring (bicyclic) bond motifs is 1. The van der Waals surface area contributed by atoms with E-state index in [2.05, 4.69) is 15.5 Å². The number of nitrogens with zero attached hydrogens (tertiary/aromatic N) is 2. The van der Waals surface area contributed by atoms with Gasteiger partial charge in [0.15, 0.2) is 0 Å². The van der Waals surface area contributed by atoms with Gasteiger partial charge in [0, 0.05) is 37.8 Å². The van der Waals surface area contributed by atoms with Crippen LogP contribution < -0.4 is 10.6 Å². The number of thiophene rings is 1. The van der Waals surface area contributed by atoms with Gasteiger partial charge in [-0.1, -0.05) is 67.8 Å². The number of amides is 3. The molecule has 1 aliphatic heterocycles. The molecule has 1 saturated carbocycles. The summed E-state index contributed by atoms with van der Waals surface area (Å²) in [6.45, 7) is 4.76. The van der Waals surface area contributed by atoms with Gasteiger partial charge in [0.25, 0.3) is 5.91 Å². The number of hydrogen-bond acceptors (Lipinski definition) is 6. The van der Waals surface area contributed by atoms with Gasteiger partial charge in [-0.3, -0.25) is 19.3 Å². The topological polar surface area (TPSA) is 91.0 Å². The van der Waals surface area contributed by atoms with Crippen LogP contribution in [0, 0.1) is 0 Å². The highest BCUT2D eigenvalue weighted by atomic mass is 32.1. The number of nitrogens with one attached hydrogen (secondary N) is 2. The summed E-state index contributed by atoms with van der Waals surface area (Å²) in [5.41, 5.74) is -0.0319. The Morgan fingerprint density at radius 2 is 1.71 bits per heavy atom. The van der Waals surface area contributed by atoms with Gasteiger partial charge in [-0.05, 0) is 48.9 Å². The summed E-state index contributed by atoms with van der Waals surface area (Å²) in [5.74, 6) is -0.595. The molecule has 1 aliphatic carbocycles. The summed E-state index contributed by atoms with van der Waals surface area (Å²) < 4.78 is 6.47. The fourth-order valence-electron chi connectivity index (χ4n) is 6.11. The maximum absolute atomic E-state index is 14.2. The Morgan fingerprint density at radius 1 is 1.00 bits per heavy atom. The smallest absolute Gasteiger partial charge is 0.264 e. The monoisotopic (exact) mass is 590 g/mol. The third-order valence-electron chi connectivity index (χ3n) is 8.64. The Labute approximate surface area is 252 Å². The highest BCUT2D eigenvalue weighted by Gasteiger charge is 2.46. The molecule has 2 aliphatic rings. The molecule has 1 unspecified atom stereocenters. The lowest BCUT2D eigenvalue weighted by Crippen LogP contribution is -2.63. The Balaban J connectivity index is 1.30.